The van der Waals surface area contributed by atoms with Crippen molar-refractivity contribution in [3.05, 3.63) is 0 Å². The molecule has 0 aromatic rings. The van der Waals surface area contributed by atoms with Gasteiger partial charge in [-0.1, -0.05) is 0 Å². The van der Waals surface area contributed by atoms with Crippen LogP contribution >= 0.6 is 0 Å². The molecule has 0 aromatic heterocycles. The summed E-state index contributed by atoms with van der Waals surface area (Å²) in [6, 6.07) is 0. The predicted molar refractivity (Wildman–Crippen MR) is 45.1 cm³/mol. The fourth-order valence-corrected chi connectivity index (χ4v) is 0.683. The summed E-state index contributed by atoms with van der Waals surface area (Å²) < 4.78 is 0. The first-order valence-corrected chi connectivity index (χ1v) is 3.44. The molecule has 0 nitrogen and oxygen atoms in total. The van der Waals surface area contributed by atoms with Gasteiger partial charge in [-0.3, -0.25) is 0 Å². The van der Waals surface area contributed by atoms with E-state index in [2.05, 4.69) is 27.7 Å². The minimum atomic E-state index is 0.318. The van der Waals surface area contributed by atoms with Crippen LogP contribution in [0.15, 0.2) is 0 Å². The molecule has 0 heterocycles. The molecule has 1 heteroatoms. The van der Waals surface area contributed by atoms with Crippen LogP contribution in [0.1, 0.15) is 34.6 Å². The molecule has 0 bridgehead atoms. The second-order valence-corrected chi connectivity index (χ2v) is 3.83. The second-order valence-electron chi connectivity index (χ2n) is 3.83. The van der Waals surface area contributed by atoms with Crippen LogP contribution in [0, 0.1) is 11.3 Å². The summed E-state index contributed by atoms with van der Waals surface area (Å²) in [5.74, 6) is 0.512. The molecule has 1 atom stereocenters. The SMILES string of the molecule is [B]=C(C)C(C)C(C)(C)C. The zero-order chi connectivity index (χ0) is 7.65. The maximum atomic E-state index is 5.64. The van der Waals surface area contributed by atoms with E-state index in [1.165, 1.54) is 0 Å². The third-order valence-electron chi connectivity index (χ3n) is 1.98. The fraction of sp³-hybridized carbons (Fsp3) is 0.875. The van der Waals surface area contributed by atoms with Crippen molar-refractivity contribution in [3.63, 3.8) is 0 Å². The van der Waals surface area contributed by atoms with Gasteiger partial charge in [-0.25, -0.2) is 0 Å². The van der Waals surface area contributed by atoms with Crippen molar-refractivity contribution in [1.82, 2.24) is 0 Å². The number of rotatable bonds is 1. The van der Waals surface area contributed by atoms with Gasteiger partial charge in [-0.15, -0.1) is 0 Å². The molecule has 51 valence electrons. The van der Waals surface area contributed by atoms with Crippen molar-refractivity contribution in [1.29, 1.82) is 0 Å². The van der Waals surface area contributed by atoms with Gasteiger partial charge < -0.3 is 0 Å². The zero-order valence-electron chi connectivity index (χ0n) is 7.15. The molecule has 9 heavy (non-hydrogen) atoms. The molecule has 0 spiro atoms. The molecule has 0 amide bonds. The van der Waals surface area contributed by atoms with Crippen molar-refractivity contribution in [2.45, 2.75) is 34.6 Å². The average Bonchev–Trinajstić information content (AvgIpc) is 1.62. The summed E-state index contributed by atoms with van der Waals surface area (Å²) in [4.78, 5) is 0. The maximum absolute atomic E-state index is 5.64. The number of hydrogen-bond donors (Lipinski definition) is 0. The molecule has 0 aromatic carbocycles. The first-order chi connectivity index (χ1) is 3.85. The van der Waals surface area contributed by atoms with E-state index in [0.29, 0.717) is 11.3 Å². The van der Waals surface area contributed by atoms with Crippen LogP contribution in [-0.2, 0) is 0 Å². The zero-order valence-corrected chi connectivity index (χ0v) is 7.15. The molecule has 0 aliphatic heterocycles. The van der Waals surface area contributed by atoms with Crippen LogP contribution in [0.25, 0.3) is 0 Å². The molecule has 0 aliphatic rings. The molecule has 0 saturated heterocycles. The van der Waals surface area contributed by atoms with Crippen LogP contribution in [0.3, 0.4) is 0 Å². The summed E-state index contributed by atoms with van der Waals surface area (Å²) in [6.07, 6.45) is 0. The summed E-state index contributed by atoms with van der Waals surface area (Å²) in [5, 5.41) is 0. The van der Waals surface area contributed by atoms with E-state index >= 15 is 0 Å². The van der Waals surface area contributed by atoms with Gasteiger partial charge in [0, 0.05) is 0 Å². The summed E-state index contributed by atoms with van der Waals surface area (Å²) in [5.41, 5.74) is 1.35. The normalized spacial score (nSPS) is 15.1. The molecule has 0 saturated carbocycles. The Balaban J connectivity index is 4.04. The molecule has 0 fully saturated rings. The number of hydrogen-bond acceptors (Lipinski definition) is 0. The van der Waals surface area contributed by atoms with E-state index in [-0.39, 0.29) is 0 Å². The quantitative estimate of drug-likeness (QED) is 0.468. The standard InChI is InChI=1S/C8H16B/c1-6(7(2)9)8(3,4)5/h6H,1-5H3. The second kappa shape index (κ2) is 2.68. The Morgan fingerprint density at radius 2 is 1.67 bits per heavy atom. The molecule has 0 N–H and O–H groups in total. The Labute approximate surface area is 59.7 Å². The van der Waals surface area contributed by atoms with Crippen LogP contribution in [-0.4, -0.2) is 13.0 Å². The van der Waals surface area contributed by atoms with E-state index in [9.17, 15) is 0 Å². The minimum absolute atomic E-state index is 0.318. The molecular weight excluding hydrogens is 107 g/mol. The van der Waals surface area contributed by atoms with Gasteiger partial charge >= 0.3 is 58.9 Å². The van der Waals surface area contributed by atoms with Gasteiger partial charge in [0.15, 0.2) is 0 Å². The molecule has 0 aliphatic carbocycles. The average molecular weight is 123 g/mol. The van der Waals surface area contributed by atoms with Crippen LogP contribution in [0.2, 0.25) is 0 Å². The Bertz CT molecular complexity index is 108. The Morgan fingerprint density at radius 1 is 1.33 bits per heavy atom. The fourth-order valence-electron chi connectivity index (χ4n) is 0.683. The van der Waals surface area contributed by atoms with Gasteiger partial charge in [0.05, 0.1) is 0 Å². The predicted octanol–water partition coefficient (Wildman–Crippen LogP) is 2.03. The molecular formula is C8H16B. The van der Waals surface area contributed by atoms with Gasteiger partial charge in [-0.05, 0) is 0 Å². The van der Waals surface area contributed by atoms with Gasteiger partial charge in [0.25, 0.3) is 0 Å². The van der Waals surface area contributed by atoms with E-state index in [0.717, 1.165) is 5.46 Å². The van der Waals surface area contributed by atoms with Crippen molar-refractivity contribution in [3.8, 4) is 0 Å². The Kier molecular flexibility index (Phi) is 2.66. The monoisotopic (exact) mass is 123 g/mol. The third-order valence-corrected chi connectivity index (χ3v) is 1.98. The molecule has 1 radical (unpaired) electrons. The topological polar surface area (TPSA) is 0 Å². The first kappa shape index (κ1) is 8.93. The van der Waals surface area contributed by atoms with Crippen molar-refractivity contribution < 1.29 is 0 Å². The van der Waals surface area contributed by atoms with Gasteiger partial charge in [0.2, 0.25) is 0 Å². The van der Waals surface area contributed by atoms with E-state index in [4.69, 9.17) is 7.49 Å². The first-order valence-electron chi connectivity index (χ1n) is 3.44. The summed E-state index contributed by atoms with van der Waals surface area (Å²) in [6.45, 7) is 10.8. The van der Waals surface area contributed by atoms with E-state index in [1.807, 2.05) is 6.92 Å². The van der Waals surface area contributed by atoms with Crippen LogP contribution in [0.5, 0.6) is 0 Å². The van der Waals surface area contributed by atoms with Crippen molar-refractivity contribution in [2.75, 3.05) is 0 Å². The van der Waals surface area contributed by atoms with E-state index in [1.54, 1.807) is 0 Å². The van der Waals surface area contributed by atoms with Crippen LogP contribution in [0.4, 0.5) is 0 Å². The van der Waals surface area contributed by atoms with Crippen molar-refractivity contribution in [2.24, 2.45) is 11.3 Å². The molecule has 1 unspecified atom stereocenters. The van der Waals surface area contributed by atoms with Gasteiger partial charge in [-0.2, -0.15) is 0 Å². The Morgan fingerprint density at radius 3 is 1.67 bits per heavy atom. The van der Waals surface area contributed by atoms with Gasteiger partial charge in [0.1, 0.15) is 0 Å². The van der Waals surface area contributed by atoms with E-state index < -0.39 is 0 Å². The van der Waals surface area contributed by atoms with Crippen LogP contribution < -0.4 is 0 Å². The summed E-state index contributed by atoms with van der Waals surface area (Å²) >= 11 is 0. The summed E-state index contributed by atoms with van der Waals surface area (Å²) in [7, 11) is 5.64. The third kappa shape index (κ3) is 2.83. The Hall–Kier alpha value is -0.0651. The molecule has 0 rings (SSSR count). The van der Waals surface area contributed by atoms with Crippen molar-refractivity contribution >= 4 is 13.0 Å².